The van der Waals surface area contributed by atoms with E-state index in [2.05, 4.69) is 15.5 Å². The number of halogens is 4. The van der Waals surface area contributed by atoms with Gasteiger partial charge in [0.05, 0.1) is 28.1 Å². The summed E-state index contributed by atoms with van der Waals surface area (Å²) in [4.78, 5) is 13.9. The van der Waals surface area contributed by atoms with Crippen molar-refractivity contribution >= 4 is 28.5 Å². The zero-order valence-corrected chi connectivity index (χ0v) is 20.2. The summed E-state index contributed by atoms with van der Waals surface area (Å²) in [6, 6.07) is 1.02. The van der Waals surface area contributed by atoms with Gasteiger partial charge in [0.15, 0.2) is 0 Å². The van der Waals surface area contributed by atoms with Crippen LogP contribution in [0.2, 0.25) is 5.02 Å². The first-order valence-electron chi connectivity index (χ1n) is 11.4. The Morgan fingerprint density at radius 3 is 2.68 bits per heavy atom. The number of nitrogens with zero attached hydrogens (tertiary/aromatic N) is 2. The number of hydrogen-bond donors (Lipinski definition) is 2. The van der Waals surface area contributed by atoms with Crippen molar-refractivity contribution in [3.8, 4) is 0 Å². The standard InChI is InChI=1S/C23H26ClF3N4O2S/c1-13-8-14(11-31(13)34(33)15-9-28-29-10-15)21(32)30-20(18-17(25)3-2-16(24)19(18)26)22-4-6-23(27,12-22)7-5-22/h2-3,9-10,13-14,20H,4-8,11-12H2,1H3,(H,28,29)(H,30,32)/t13?,14-,20?,22?,23?,34?/m0/s1. The molecule has 4 atom stereocenters. The first-order valence-corrected chi connectivity index (χ1v) is 12.9. The molecule has 2 bridgehead atoms. The fourth-order valence-corrected chi connectivity index (χ4v) is 7.52. The predicted molar refractivity (Wildman–Crippen MR) is 121 cm³/mol. The molecule has 34 heavy (non-hydrogen) atoms. The lowest BCUT2D eigenvalue weighted by Gasteiger charge is -2.37. The monoisotopic (exact) mass is 514 g/mol. The summed E-state index contributed by atoms with van der Waals surface area (Å²) in [6.07, 6.45) is 5.06. The van der Waals surface area contributed by atoms with Gasteiger partial charge < -0.3 is 5.32 Å². The van der Waals surface area contributed by atoms with Crippen molar-refractivity contribution in [1.29, 1.82) is 0 Å². The number of carbonyl (C=O) groups excluding carboxylic acids is 1. The summed E-state index contributed by atoms with van der Waals surface area (Å²) < 4.78 is 59.8. The highest BCUT2D eigenvalue weighted by molar-refractivity contribution is 7.82. The summed E-state index contributed by atoms with van der Waals surface area (Å²) >= 11 is 5.97. The first-order chi connectivity index (χ1) is 16.1. The number of nitrogens with one attached hydrogen (secondary N) is 2. The molecule has 3 unspecified atom stereocenters. The van der Waals surface area contributed by atoms with Gasteiger partial charge in [-0.3, -0.25) is 9.89 Å². The molecule has 3 fully saturated rings. The third-order valence-electron chi connectivity index (χ3n) is 7.85. The van der Waals surface area contributed by atoms with Crippen molar-refractivity contribution in [2.45, 2.75) is 68.1 Å². The van der Waals surface area contributed by atoms with Crippen LogP contribution in [0, 0.1) is 23.0 Å². The largest absolute Gasteiger partial charge is 0.348 e. The van der Waals surface area contributed by atoms with E-state index in [9.17, 15) is 13.4 Å². The van der Waals surface area contributed by atoms with Crippen LogP contribution in [-0.4, -0.2) is 42.9 Å². The lowest BCUT2D eigenvalue weighted by atomic mass is 9.74. The maximum Gasteiger partial charge on any atom is 0.225 e. The molecule has 1 saturated heterocycles. The number of aromatic amines is 1. The molecule has 0 radical (unpaired) electrons. The number of hydrogen-bond acceptors (Lipinski definition) is 3. The molecule has 5 rings (SSSR count). The van der Waals surface area contributed by atoms with E-state index in [0.717, 1.165) is 12.1 Å². The Balaban J connectivity index is 1.42. The highest BCUT2D eigenvalue weighted by Crippen LogP contribution is 2.63. The Morgan fingerprint density at radius 1 is 1.32 bits per heavy atom. The van der Waals surface area contributed by atoms with E-state index < -0.39 is 45.7 Å². The number of fused-ring (bicyclic) bond motifs is 2. The van der Waals surface area contributed by atoms with E-state index in [1.165, 1.54) is 6.20 Å². The second-order valence-corrected chi connectivity index (χ2v) is 11.8. The van der Waals surface area contributed by atoms with Crippen LogP contribution in [0.5, 0.6) is 0 Å². The summed E-state index contributed by atoms with van der Waals surface area (Å²) in [7, 11) is -1.49. The van der Waals surface area contributed by atoms with E-state index in [1.54, 1.807) is 10.5 Å². The summed E-state index contributed by atoms with van der Waals surface area (Å²) in [5.74, 6) is -2.66. The van der Waals surface area contributed by atoms with Crippen LogP contribution in [0.1, 0.15) is 57.1 Å². The van der Waals surface area contributed by atoms with Gasteiger partial charge in [-0.05, 0) is 63.0 Å². The van der Waals surface area contributed by atoms with Gasteiger partial charge in [0.1, 0.15) is 28.3 Å². The molecule has 2 N–H and O–H groups in total. The van der Waals surface area contributed by atoms with Gasteiger partial charge in [-0.2, -0.15) is 5.10 Å². The molecule has 2 heterocycles. The Labute approximate surface area is 203 Å². The molecular formula is C23H26ClF3N4O2S. The van der Waals surface area contributed by atoms with Crippen LogP contribution in [-0.2, 0) is 15.8 Å². The van der Waals surface area contributed by atoms with Crippen molar-refractivity contribution in [1.82, 2.24) is 19.8 Å². The van der Waals surface area contributed by atoms with E-state index in [1.807, 2.05) is 6.92 Å². The maximum absolute atomic E-state index is 15.1. The maximum atomic E-state index is 15.1. The third kappa shape index (κ3) is 3.97. The highest BCUT2D eigenvalue weighted by Gasteiger charge is 2.59. The first kappa shape index (κ1) is 23.8. The number of benzene rings is 1. The number of H-pyrrole nitrogens is 1. The molecule has 11 heteroatoms. The van der Waals surface area contributed by atoms with E-state index in [0.29, 0.717) is 37.0 Å². The Bertz CT molecular complexity index is 1120. The van der Waals surface area contributed by atoms with Gasteiger partial charge in [-0.15, -0.1) is 0 Å². The molecule has 2 aliphatic carbocycles. The topological polar surface area (TPSA) is 78.1 Å². The highest BCUT2D eigenvalue weighted by atomic mass is 35.5. The Hall–Kier alpha value is -1.91. The second kappa shape index (κ2) is 8.64. The van der Waals surface area contributed by atoms with Crippen molar-refractivity contribution in [2.75, 3.05) is 6.54 Å². The Kier molecular flexibility index (Phi) is 6.05. The van der Waals surface area contributed by atoms with Crippen LogP contribution < -0.4 is 5.32 Å². The number of rotatable bonds is 6. The molecule has 1 amide bonds. The normalized spacial score (nSPS) is 32.7. The lowest BCUT2D eigenvalue weighted by molar-refractivity contribution is -0.126. The zero-order chi connectivity index (χ0) is 24.3. The molecular weight excluding hydrogens is 489 g/mol. The predicted octanol–water partition coefficient (Wildman–Crippen LogP) is 4.60. The molecule has 184 valence electrons. The van der Waals surface area contributed by atoms with Crippen LogP contribution in [0.3, 0.4) is 0 Å². The van der Waals surface area contributed by atoms with E-state index in [4.69, 9.17) is 11.6 Å². The van der Waals surface area contributed by atoms with E-state index >= 15 is 8.78 Å². The molecule has 1 aromatic carbocycles. The minimum absolute atomic E-state index is 0.147. The molecule has 6 nitrogen and oxygen atoms in total. The number of aromatic nitrogens is 2. The molecule has 2 saturated carbocycles. The van der Waals surface area contributed by atoms with Crippen molar-refractivity contribution in [2.24, 2.45) is 11.3 Å². The molecule has 0 spiro atoms. The quantitative estimate of drug-likeness (QED) is 0.553. The number of amides is 1. The van der Waals surface area contributed by atoms with Gasteiger partial charge >= 0.3 is 0 Å². The molecule has 1 aliphatic heterocycles. The van der Waals surface area contributed by atoms with Gasteiger partial charge in [-0.1, -0.05) is 11.6 Å². The van der Waals surface area contributed by atoms with Crippen molar-refractivity contribution < 1.29 is 22.2 Å². The van der Waals surface area contributed by atoms with Gasteiger partial charge in [0.2, 0.25) is 5.91 Å². The van der Waals surface area contributed by atoms with E-state index in [-0.39, 0.29) is 35.5 Å². The van der Waals surface area contributed by atoms with Gasteiger partial charge in [0, 0.05) is 24.3 Å². The zero-order valence-electron chi connectivity index (χ0n) is 18.6. The molecule has 3 aliphatic rings. The average molecular weight is 515 g/mol. The average Bonchev–Trinajstić information content (AvgIpc) is 3.58. The van der Waals surface area contributed by atoms with Crippen LogP contribution >= 0.6 is 11.6 Å². The van der Waals surface area contributed by atoms with Crippen molar-refractivity contribution in [3.05, 3.63) is 46.7 Å². The summed E-state index contributed by atoms with van der Waals surface area (Å²) in [5, 5.41) is 9.10. The molecule has 2 aromatic rings. The van der Waals surface area contributed by atoms with Crippen LogP contribution in [0.15, 0.2) is 29.4 Å². The minimum Gasteiger partial charge on any atom is -0.348 e. The molecule has 1 aromatic heterocycles. The number of alkyl halides is 1. The van der Waals surface area contributed by atoms with Crippen LogP contribution in [0.4, 0.5) is 13.2 Å². The third-order valence-corrected chi connectivity index (χ3v) is 9.71. The number of carbonyl (C=O) groups is 1. The minimum atomic E-state index is -1.49. The lowest BCUT2D eigenvalue weighted by Crippen LogP contribution is -2.43. The Morgan fingerprint density at radius 2 is 2.06 bits per heavy atom. The van der Waals surface area contributed by atoms with Crippen LogP contribution in [0.25, 0.3) is 0 Å². The fraction of sp³-hybridized carbons (Fsp3) is 0.565. The summed E-state index contributed by atoms with van der Waals surface area (Å²) in [5.41, 5.74) is -2.45. The van der Waals surface area contributed by atoms with Crippen molar-refractivity contribution in [3.63, 3.8) is 0 Å². The van der Waals surface area contributed by atoms with Gasteiger partial charge in [-0.25, -0.2) is 21.7 Å². The van der Waals surface area contributed by atoms with Gasteiger partial charge in [0.25, 0.3) is 0 Å². The second-order valence-electron chi connectivity index (χ2n) is 9.95. The fourth-order valence-electron chi connectivity index (χ4n) is 6.06. The summed E-state index contributed by atoms with van der Waals surface area (Å²) in [6.45, 7) is 2.10. The SMILES string of the molecule is CC1C[C@H](C(=O)NC(c2c(F)ccc(Cl)c2F)C23CCC(F)(CC2)C3)CN1S(=O)c1cn[nH]c1. The smallest absolute Gasteiger partial charge is 0.225 e.